The fraction of sp³-hybridized carbons (Fsp3) is 0.189. The molecule has 0 bridgehead atoms. The largest absolute Gasteiger partial charge is 0.494 e. The Bertz CT molecular complexity index is 6940. The number of aromatic nitrogens is 5. The number of anilines is 15. The van der Waals surface area contributed by atoms with Crippen molar-refractivity contribution in [1.29, 1.82) is 0 Å². The molecule has 1 fully saturated rings. The molecule has 0 saturated heterocycles. The van der Waals surface area contributed by atoms with Crippen molar-refractivity contribution < 1.29 is 90.4 Å². The molecule has 10 amide bonds. The molecule has 1 aliphatic rings. The van der Waals surface area contributed by atoms with E-state index < -0.39 is 82.4 Å². The predicted molar refractivity (Wildman–Crippen MR) is 551 cm³/mol. The topological polar surface area (TPSA) is 491 Å². The van der Waals surface area contributed by atoms with E-state index in [9.17, 15) is 75.4 Å². The SMILES string of the molecule is CCCC(=O)Cc1cc(Nc2cc(F)c(F)c(F)c2)c(C(=O)Nc2ccc(CCC(=O)O)cc2)cn1.CCNC(=O)Nc1cc(Nc2ccc(Cl)cc2)c(C(=O)Nc2ccc(C#Cc3ccccn3)cc2)cn1.CCNC(=O)Nc1cc(Nc2ccc(Cl)cc2)c(C(=O)Nc2ccc(C3C[C@H]3C(=O)O)cc2)cn1.CCNC(=O)Nc1cc(Nc2ccc(OC)c(F)c2)c(C(=O)Nc2ccc(CC(C)(C)C(=O)O)cc2)cn1. The Balaban J connectivity index is 0.000000185. The van der Waals surface area contributed by atoms with Gasteiger partial charge < -0.3 is 78.5 Å². The summed E-state index contributed by atoms with van der Waals surface area (Å²) in [6.45, 7) is 11.9. The van der Waals surface area contributed by atoms with Gasteiger partial charge in [0, 0.05) is 173 Å². The van der Waals surface area contributed by atoms with Gasteiger partial charge in [0.1, 0.15) is 28.9 Å². The molecule has 17 N–H and O–H groups in total. The van der Waals surface area contributed by atoms with Crippen LogP contribution < -0.4 is 79.2 Å². The molecule has 1 unspecified atom stereocenters. The van der Waals surface area contributed by atoms with Gasteiger partial charge in [0.25, 0.3) is 23.6 Å². The standard InChI is InChI=1S/C28H23ClN6O2.C27H30FN5O5.C26H24F3N3O4.C25H24ClN5O4/c1-2-30-28(37)35-26-17-25(33-22-14-9-20(29)10-15-22)24(18-32-26)27(36)34-23-12-7-19(8-13-23)6-11-21-5-3-4-16-31-21;1-5-29-26(37)33-23-13-21(31-18-10-11-22(38-4)20(28)12-18)19(15-30-23)24(34)32-17-8-6-16(7-9-17)14-27(2,3)25(35)36;1-2-3-19(33)10-17-13-23(31-18-11-21(27)25(29)22(28)12-18)20(14-30-17)26(36)32-16-7-4-15(5-8-16)6-9-24(34)35;1-2-27-25(35)31-22-12-21(29-16-9-5-15(26)6-10-16)20(13-28-22)23(32)30-17-7-3-14(4-8-17)18-11-19(18)24(33)34/h3-5,7-10,12-18H,2H2,1H3,(H,34,36)(H3,30,32,33,35,37);6-13,15H,5,14H2,1-4H3,(H,32,34)(H,35,36)(H3,29,30,31,33,37);4-5,7-8,11-14H,2-3,6,9-10H2,1H3,(H,30,31)(H,32,36)(H,34,35);3-10,12-13,18-19H,2,11H2,1H3,(H,30,32)(H,33,34)(H3,27,28,29,31,35)/t;;;18?,19-/m...1/s1. The lowest BCUT2D eigenvalue weighted by molar-refractivity contribution is -0.147. The zero-order chi connectivity index (χ0) is 105. The van der Waals surface area contributed by atoms with Crippen LogP contribution in [0.5, 0.6) is 5.75 Å². The lowest BCUT2D eigenvalue weighted by atomic mass is 9.86. The quantitative estimate of drug-likeness (QED) is 0.00996. The van der Waals surface area contributed by atoms with Gasteiger partial charge in [-0.25, -0.2) is 51.9 Å². The second-order valence-corrected chi connectivity index (χ2v) is 33.9. The molecule has 8 aromatic carbocycles. The van der Waals surface area contributed by atoms with Gasteiger partial charge in [0.05, 0.1) is 63.4 Å². The molecule has 5 heterocycles. The van der Waals surface area contributed by atoms with Crippen molar-refractivity contribution in [2.24, 2.45) is 11.3 Å². The van der Waals surface area contributed by atoms with Crippen LogP contribution in [-0.4, -0.2) is 132 Å². The summed E-state index contributed by atoms with van der Waals surface area (Å²) in [5.41, 5.74) is 9.06. The van der Waals surface area contributed by atoms with Crippen LogP contribution in [0.15, 0.2) is 249 Å². The molecule has 5 aromatic heterocycles. The molecule has 1 aliphatic carbocycles. The molecule has 752 valence electrons. The number of hydrogen-bond donors (Lipinski definition) is 17. The summed E-state index contributed by atoms with van der Waals surface area (Å²) in [6, 6.07) is 57.8. The number of urea groups is 3. The number of halogens is 6. The van der Waals surface area contributed by atoms with E-state index in [1.54, 1.807) is 173 Å². The number of hydrogen-bond acceptors (Lipinski definition) is 21. The molecule has 1 saturated carbocycles. The molecule has 0 aliphatic heterocycles. The summed E-state index contributed by atoms with van der Waals surface area (Å²) >= 11 is 12.0. The molecule has 146 heavy (non-hydrogen) atoms. The molecular formula is C106H101Cl2F4N19O15. The fourth-order valence-electron chi connectivity index (χ4n) is 13.8. The monoisotopic (exact) mass is 2030 g/mol. The van der Waals surface area contributed by atoms with Crippen LogP contribution in [0.4, 0.5) is 118 Å². The van der Waals surface area contributed by atoms with E-state index in [1.807, 2.05) is 56.3 Å². The zero-order valence-corrected chi connectivity index (χ0v) is 81.2. The number of nitrogens with one attached hydrogen (secondary N) is 14. The first-order chi connectivity index (χ1) is 70.0. The second kappa shape index (κ2) is 52.6. The van der Waals surface area contributed by atoms with Gasteiger partial charge in [-0.05, 0) is 228 Å². The number of aliphatic carboxylic acids is 3. The van der Waals surface area contributed by atoms with Gasteiger partial charge in [-0.2, -0.15) is 0 Å². The number of ether oxygens (including phenoxy) is 1. The Hall–Kier alpha value is -17.9. The van der Waals surface area contributed by atoms with E-state index in [2.05, 4.69) is 111 Å². The van der Waals surface area contributed by atoms with Crippen LogP contribution >= 0.6 is 23.2 Å². The van der Waals surface area contributed by atoms with E-state index >= 15 is 0 Å². The number of Topliss-reactive ketones (excluding diaryl/α,β-unsaturated/α-hetero) is 1. The Labute approximate surface area is 846 Å². The number of methoxy groups -OCH3 is 1. The van der Waals surface area contributed by atoms with Gasteiger partial charge in [-0.1, -0.05) is 78.5 Å². The van der Waals surface area contributed by atoms with Crippen LogP contribution in [0.3, 0.4) is 0 Å². The number of amides is 10. The van der Waals surface area contributed by atoms with Crippen molar-refractivity contribution in [3.8, 4) is 17.6 Å². The van der Waals surface area contributed by atoms with Crippen molar-refractivity contribution in [3.05, 3.63) is 339 Å². The average Bonchev–Trinajstić information content (AvgIpc) is 1.61. The summed E-state index contributed by atoms with van der Waals surface area (Å²) in [6.07, 6.45) is 9.30. The minimum Gasteiger partial charge on any atom is -0.494 e. The minimum atomic E-state index is -1.62. The highest BCUT2D eigenvalue weighted by molar-refractivity contribution is 6.31. The third-order valence-electron chi connectivity index (χ3n) is 21.4. The van der Waals surface area contributed by atoms with Crippen molar-refractivity contribution in [2.45, 2.75) is 92.4 Å². The zero-order valence-electron chi connectivity index (χ0n) is 79.6. The van der Waals surface area contributed by atoms with Crippen LogP contribution in [0.2, 0.25) is 10.0 Å². The lowest BCUT2D eigenvalue weighted by Gasteiger charge is -2.19. The van der Waals surface area contributed by atoms with Crippen molar-refractivity contribution in [3.63, 3.8) is 0 Å². The first-order valence-corrected chi connectivity index (χ1v) is 46.2. The third kappa shape index (κ3) is 33.1. The van der Waals surface area contributed by atoms with Gasteiger partial charge in [0.2, 0.25) is 0 Å². The maximum atomic E-state index is 14.3. The first kappa shape index (κ1) is 109. The van der Waals surface area contributed by atoms with Gasteiger partial charge in [-0.15, -0.1) is 0 Å². The predicted octanol–water partition coefficient (Wildman–Crippen LogP) is 21.2. The summed E-state index contributed by atoms with van der Waals surface area (Å²) in [4.78, 5) is 154. The fourth-order valence-corrected chi connectivity index (χ4v) is 14.1. The molecule has 14 rings (SSSR count). The molecule has 0 radical (unpaired) electrons. The van der Waals surface area contributed by atoms with Crippen LogP contribution in [0.25, 0.3) is 0 Å². The van der Waals surface area contributed by atoms with Crippen molar-refractivity contribution >= 4 is 174 Å². The lowest BCUT2D eigenvalue weighted by Crippen LogP contribution is -2.28. The normalized spacial score (nSPS) is 11.9. The maximum absolute atomic E-state index is 14.3. The van der Waals surface area contributed by atoms with Crippen molar-refractivity contribution in [1.82, 2.24) is 40.9 Å². The number of rotatable bonds is 35. The number of carbonyl (C=O) groups is 11. The van der Waals surface area contributed by atoms with Crippen LogP contribution in [0, 0.1) is 46.4 Å². The van der Waals surface area contributed by atoms with E-state index in [4.69, 9.17) is 38.2 Å². The Kier molecular flexibility index (Phi) is 39.1. The molecule has 0 spiro atoms. The number of carboxylic acids is 3. The van der Waals surface area contributed by atoms with E-state index in [0.29, 0.717) is 124 Å². The number of pyridine rings is 5. The number of benzene rings is 8. The average molecular weight is 2030 g/mol. The van der Waals surface area contributed by atoms with E-state index in [1.165, 1.54) is 56.2 Å². The molecule has 34 nitrogen and oxygen atoms in total. The van der Waals surface area contributed by atoms with Crippen molar-refractivity contribution in [2.75, 3.05) is 85.2 Å². The summed E-state index contributed by atoms with van der Waals surface area (Å²) < 4.78 is 60.1. The Morgan fingerprint density at radius 3 is 1.24 bits per heavy atom. The summed E-state index contributed by atoms with van der Waals surface area (Å²) in [7, 11) is 1.36. The minimum absolute atomic E-state index is 0.00830. The highest BCUT2D eigenvalue weighted by Gasteiger charge is 2.44. The van der Waals surface area contributed by atoms with Gasteiger partial charge in [-0.3, -0.25) is 59.3 Å². The Morgan fingerprint density at radius 2 is 0.836 bits per heavy atom. The number of ketones is 1. The highest BCUT2D eigenvalue weighted by Crippen LogP contribution is 2.48. The Morgan fingerprint density at radius 1 is 0.432 bits per heavy atom. The number of aryl methyl sites for hydroxylation is 1. The highest BCUT2D eigenvalue weighted by atomic mass is 35.5. The molecule has 40 heteroatoms. The first-order valence-electron chi connectivity index (χ1n) is 45.5. The maximum Gasteiger partial charge on any atom is 0.320 e. The molecule has 13 aromatic rings. The summed E-state index contributed by atoms with van der Waals surface area (Å²) in [5.74, 6) is -3.03. The number of carbonyl (C=O) groups excluding carboxylic acids is 8. The van der Waals surface area contributed by atoms with Gasteiger partial charge >= 0.3 is 36.0 Å². The van der Waals surface area contributed by atoms with Crippen LogP contribution in [-0.2, 0) is 38.4 Å². The van der Waals surface area contributed by atoms with E-state index in [0.717, 1.165) is 34.4 Å². The number of carboxylic acid groups (broad SMARTS) is 3. The smallest absolute Gasteiger partial charge is 0.320 e. The number of nitrogens with zero attached hydrogens (tertiary/aromatic N) is 5. The molecular weight excluding hydrogens is 1930 g/mol. The van der Waals surface area contributed by atoms with E-state index in [-0.39, 0.29) is 98.9 Å². The molecule has 2 atom stereocenters. The van der Waals surface area contributed by atoms with Crippen LogP contribution in [0.1, 0.15) is 148 Å². The second-order valence-electron chi connectivity index (χ2n) is 33.0. The third-order valence-corrected chi connectivity index (χ3v) is 21.9. The van der Waals surface area contributed by atoms with Gasteiger partial charge in [0.15, 0.2) is 29.0 Å². The summed E-state index contributed by atoms with van der Waals surface area (Å²) in [5, 5.41) is 67.4.